The minimum Gasteiger partial charge on any atom is -0.462 e. The summed E-state index contributed by atoms with van der Waals surface area (Å²) in [4.78, 5) is 27.8. The lowest BCUT2D eigenvalue weighted by Gasteiger charge is -2.25. The second-order valence-corrected chi connectivity index (χ2v) is 10.3. The molecule has 1 N–H and O–H groups in total. The van der Waals surface area contributed by atoms with E-state index in [1.54, 1.807) is 13.0 Å². The van der Waals surface area contributed by atoms with E-state index in [-0.39, 0.29) is 41.8 Å². The van der Waals surface area contributed by atoms with Gasteiger partial charge in [-0.05, 0) is 68.5 Å². The third-order valence-electron chi connectivity index (χ3n) is 5.84. The Morgan fingerprint density at radius 2 is 2.03 bits per heavy atom. The predicted octanol–water partition coefficient (Wildman–Crippen LogP) is 3.38. The lowest BCUT2D eigenvalue weighted by atomic mass is 10.1. The van der Waals surface area contributed by atoms with Crippen LogP contribution in [0.2, 0.25) is 0 Å². The van der Waals surface area contributed by atoms with Gasteiger partial charge in [-0.1, -0.05) is 17.7 Å². The Morgan fingerprint density at radius 3 is 2.76 bits per heavy atom. The van der Waals surface area contributed by atoms with E-state index in [1.165, 1.54) is 28.6 Å². The molecule has 0 spiro atoms. The van der Waals surface area contributed by atoms with Crippen molar-refractivity contribution < 1.29 is 22.7 Å². The number of nitrogens with zero attached hydrogens (tertiary/aromatic N) is 1. The molecule has 1 fully saturated rings. The fraction of sp³-hybridized carbons (Fsp3) is 0.360. The van der Waals surface area contributed by atoms with Gasteiger partial charge in [0.1, 0.15) is 0 Å². The maximum atomic E-state index is 13.7. The van der Waals surface area contributed by atoms with E-state index in [9.17, 15) is 18.0 Å². The number of hydrogen-bond acceptors (Lipinski definition) is 6. The third kappa shape index (κ3) is 5.22. The number of sulfonamides is 1. The largest absolute Gasteiger partial charge is 0.462 e. The highest BCUT2D eigenvalue weighted by atomic mass is 32.2. The van der Waals surface area contributed by atoms with E-state index in [1.807, 2.05) is 25.1 Å². The molecule has 1 aliphatic heterocycles. The quantitative estimate of drug-likeness (QED) is 0.492. The first-order valence-corrected chi connectivity index (χ1v) is 12.7. The minimum absolute atomic E-state index is 0.0379. The number of esters is 1. The molecule has 9 heteroatoms. The van der Waals surface area contributed by atoms with Crippen LogP contribution in [-0.4, -0.2) is 49.5 Å². The molecule has 34 heavy (non-hydrogen) atoms. The molecule has 0 aliphatic carbocycles. The SMILES string of the molecule is CCOC(=O)c1cccc(S(=O)(=O)N(Cc2cc3cc(C)ccc3[nH]c2=O)C[C@H]2CCCO2)c1. The number of H-pyrrole nitrogens is 1. The summed E-state index contributed by atoms with van der Waals surface area (Å²) in [5.74, 6) is -0.591. The Bertz CT molecular complexity index is 1360. The van der Waals surface area contributed by atoms with Crippen LogP contribution in [0.5, 0.6) is 0 Å². The van der Waals surface area contributed by atoms with E-state index in [2.05, 4.69) is 4.98 Å². The molecule has 8 nitrogen and oxygen atoms in total. The highest BCUT2D eigenvalue weighted by molar-refractivity contribution is 7.89. The van der Waals surface area contributed by atoms with Crippen molar-refractivity contribution in [3.05, 3.63) is 75.6 Å². The second kappa shape index (κ2) is 10.1. The van der Waals surface area contributed by atoms with Crippen LogP contribution in [0.15, 0.2) is 58.2 Å². The fourth-order valence-electron chi connectivity index (χ4n) is 4.09. The lowest BCUT2D eigenvalue weighted by Crippen LogP contribution is -2.38. The summed E-state index contributed by atoms with van der Waals surface area (Å²) in [6.45, 7) is 4.39. The summed E-state index contributed by atoms with van der Waals surface area (Å²) in [5.41, 5.74) is 1.87. The monoisotopic (exact) mass is 484 g/mol. The number of hydrogen-bond donors (Lipinski definition) is 1. The zero-order valence-corrected chi connectivity index (χ0v) is 20.1. The van der Waals surface area contributed by atoms with Gasteiger partial charge in [0.05, 0.1) is 23.2 Å². The number of pyridine rings is 1. The van der Waals surface area contributed by atoms with Crippen molar-refractivity contribution in [2.24, 2.45) is 0 Å². The first kappa shape index (κ1) is 24.1. The van der Waals surface area contributed by atoms with Gasteiger partial charge in [-0.2, -0.15) is 4.31 Å². The number of benzene rings is 2. The summed E-state index contributed by atoms with van der Waals surface area (Å²) < 4.78 is 39.4. The van der Waals surface area contributed by atoms with Gasteiger partial charge in [0.25, 0.3) is 5.56 Å². The Balaban J connectivity index is 1.72. The molecule has 0 radical (unpaired) electrons. The van der Waals surface area contributed by atoms with E-state index in [4.69, 9.17) is 9.47 Å². The number of aromatic nitrogens is 1. The molecule has 4 rings (SSSR count). The molecular formula is C25H28N2O6S. The smallest absolute Gasteiger partial charge is 0.338 e. The van der Waals surface area contributed by atoms with Gasteiger partial charge in [-0.3, -0.25) is 4.79 Å². The maximum Gasteiger partial charge on any atom is 0.338 e. The van der Waals surface area contributed by atoms with Gasteiger partial charge in [0.15, 0.2) is 0 Å². The molecule has 180 valence electrons. The number of aryl methyl sites for hydroxylation is 1. The minimum atomic E-state index is -4.04. The normalized spacial score (nSPS) is 16.3. The molecule has 0 saturated carbocycles. The maximum absolute atomic E-state index is 13.7. The average Bonchev–Trinajstić information content (AvgIpc) is 3.33. The third-order valence-corrected chi connectivity index (χ3v) is 7.65. The van der Waals surface area contributed by atoms with Crippen LogP contribution in [0, 0.1) is 6.92 Å². The van der Waals surface area contributed by atoms with Crippen molar-refractivity contribution in [3.63, 3.8) is 0 Å². The first-order chi connectivity index (χ1) is 16.3. The topological polar surface area (TPSA) is 106 Å². The molecule has 1 saturated heterocycles. The highest BCUT2D eigenvalue weighted by Gasteiger charge is 2.30. The van der Waals surface area contributed by atoms with Crippen molar-refractivity contribution in [1.29, 1.82) is 0 Å². The second-order valence-electron chi connectivity index (χ2n) is 8.40. The van der Waals surface area contributed by atoms with E-state index in [0.29, 0.717) is 17.7 Å². The number of carbonyl (C=O) groups excluding carboxylic acids is 1. The summed E-state index contributed by atoms with van der Waals surface area (Å²) >= 11 is 0. The van der Waals surface area contributed by atoms with Crippen molar-refractivity contribution in [2.75, 3.05) is 19.8 Å². The fourth-order valence-corrected chi connectivity index (χ4v) is 5.58. The van der Waals surface area contributed by atoms with Crippen LogP contribution in [0.25, 0.3) is 10.9 Å². The summed E-state index contributed by atoms with van der Waals surface area (Å²) in [6, 6.07) is 13.2. The number of aromatic amines is 1. The molecule has 0 bridgehead atoms. The summed E-state index contributed by atoms with van der Waals surface area (Å²) in [7, 11) is -4.04. The number of rotatable bonds is 8. The van der Waals surface area contributed by atoms with Crippen LogP contribution >= 0.6 is 0 Å². The molecule has 1 atom stereocenters. The Kier molecular flexibility index (Phi) is 7.16. The Morgan fingerprint density at radius 1 is 1.21 bits per heavy atom. The van der Waals surface area contributed by atoms with Crippen molar-refractivity contribution in [3.8, 4) is 0 Å². The van der Waals surface area contributed by atoms with Gasteiger partial charge in [-0.25, -0.2) is 13.2 Å². The first-order valence-electron chi connectivity index (χ1n) is 11.3. The van der Waals surface area contributed by atoms with Gasteiger partial charge >= 0.3 is 5.97 Å². The molecule has 0 unspecified atom stereocenters. The van der Waals surface area contributed by atoms with Crippen molar-refractivity contribution in [2.45, 2.75) is 44.2 Å². The van der Waals surface area contributed by atoms with Gasteiger partial charge in [0.2, 0.25) is 10.0 Å². The lowest BCUT2D eigenvalue weighted by molar-refractivity contribution is 0.0526. The van der Waals surface area contributed by atoms with E-state index < -0.39 is 16.0 Å². The Hall–Kier alpha value is -3.01. The van der Waals surface area contributed by atoms with Crippen LogP contribution in [0.1, 0.15) is 41.3 Å². The highest BCUT2D eigenvalue weighted by Crippen LogP contribution is 2.24. The molecule has 1 aliphatic rings. The van der Waals surface area contributed by atoms with Crippen LogP contribution in [-0.2, 0) is 26.0 Å². The van der Waals surface area contributed by atoms with E-state index >= 15 is 0 Å². The molecule has 2 aromatic carbocycles. The van der Waals surface area contributed by atoms with Gasteiger partial charge in [0, 0.05) is 30.8 Å². The average molecular weight is 485 g/mol. The number of nitrogens with one attached hydrogen (secondary N) is 1. The molecular weight excluding hydrogens is 456 g/mol. The van der Waals surface area contributed by atoms with Crippen LogP contribution < -0.4 is 5.56 Å². The van der Waals surface area contributed by atoms with Gasteiger partial charge in [-0.15, -0.1) is 0 Å². The van der Waals surface area contributed by atoms with Crippen molar-refractivity contribution in [1.82, 2.24) is 9.29 Å². The summed E-state index contributed by atoms with van der Waals surface area (Å²) in [5, 5.41) is 0.827. The van der Waals surface area contributed by atoms with Gasteiger partial charge < -0.3 is 14.5 Å². The molecule has 1 aromatic heterocycles. The van der Waals surface area contributed by atoms with Crippen molar-refractivity contribution >= 4 is 26.9 Å². The standard InChI is InChI=1S/C25H28N2O6S/c1-3-32-25(29)18-6-4-8-22(14-18)34(30,31)27(16-21-7-5-11-33-21)15-20-13-19-12-17(2)9-10-23(19)26-24(20)28/h4,6,8-10,12-14,21H,3,5,7,11,15-16H2,1-2H3,(H,26,28)/t21-/m1/s1. The Labute approximate surface area is 198 Å². The number of fused-ring (bicyclic) bond motifs is 1. The predicted molar refractivity (Wildman–Crippen MR) is 128 cm³/mol. The zero-order valence-electron chi connectivity index (χ0n) is 19.2. The molecule has 0 amide bonds. The van der Waals surface area contributed by atoms with E-state index in [0.717, 1.165) is 23.8 Å². The molecule has 3 aromatic rings. The summed E-state index contributed by atoms with van der Waals surface area (Å²) in [6.07, 6.45) is 1.33. The van der Waals surface area contributed by atoms with Crippen LogP contribution in [0.4, 0.5) is 0 Å². The molecule has 2 heterocycles. The van der Waals surface area contributed by atoms with Crippen LogP contribution in [0.3, 0.4) is 0 Å². The zero-order chi connectivity index (χ0) is 24.3. The number of carbonyl (C=O) groups is 1. The number of ether oxygens (including phenoxy) is 2.